The van der Waals surface area contributed by atoms with Crippen LogP contribution in [-0.2, 0) is 6.18 Å². The van der Waals surface area contributed by atoms with Gasteiger partial charge in [0.05, 0.1) is 5.84 Å². The van der Waals surface area contributed by atoms with E-state index < -0.39 is 11.2 Å². The van der Waals surface area contributed by atoms with Crippen LogP contribution in [-0.4, -0.2) is 29.1 Å². The van der Waals surface area contributed by atoms with Gasteiger partial charge in [-0.2, -0.15) is 13.2 Å². The Balaban J connectivity index is 2.76. The molecule has 0 atom stereocenters. The molecule has 96 valence electrons. The van der Waals surface area contributed by atoms with Crippen LogP contribution in [0.2, 0.25) is 0 Å². The summed E-state index contributed by atoms with van der Waals surface area (Å²) < 4.78 is 37.0. The lowest BCUT2D eigenvalue weighted by molar-refractivity contribution is -0.138. The Bertz CT molecular complexity index is 389. The maximum absolute atomic E-state index is 12.3. The van der Waals surface area contributed by atoms with Gasteiger partial charge in [-0.15, -0.1) is 10.2 Å². The number of rotatable bonds is 5. The maximum atomic E-state index is 12.3. The number of hydrogen-bond acceptors (Lipinski definition) is 5. The molecule has 0 aliphatic rings. The monoisotopic (exact) mass is 267 g/mol. The molecule has 0 bridgehead atoms. The van der Waals surface area contributed by atoms with Crippen LogP contribution in [0.1, 0.15) is 18.4 Å². The first kappa shape index (κ1) is 13.7. The van der Waals surface area contributed by atoms with Crippen LogP contribution in [0, 0.1) is 5.41 Å². The van der Waals surface area contributed by atoms with Crippen molar-refractivity contribution in [3.05, 3.63) is 5.01 Å². The van der Waals surface area contributed by atoms with E-state index >= 15 is 0 Å². The highest BCUT2D eigenvalue weighted by Crippen LogP contribution is 2.34. The lowest BCUT2D eigenvalue weighted by Gasteiger charge is -2.18. The van der Waals surface area contributed by atoms with Crippen LogP contribution in [0.15, 0.2) is 0 Å². The second-order valence-electron chi connectivity index (χ2n) is 3.24. The van der Waals surface area contributed by atoms with Gasteiger partial charge in [-0.25, -0.2) is 0 Å². The molecule has 0 spiro atoms. The molecule has 0 unspecified atom stereocenters. The zero-order valence-corrected chi connectivity index (χ0v) is 9.90. The van der Waals surface area contributed by atoms with Gasteiger partial charge in [0.1, 0.15) is 0 Å². The average molecular weight is 267 g/mol. The normalized spacial score (nSPS) is 11.5. The van der Waals surface area contributed by atoms with E-state index in [0.29, 0.717) is 24.4 Å². The van der Waals surface area contributed by atoms with Crippen molar-refractivity contribution >= 4 is 22.3 Å². The Labute approximate surface area is 100.0 Å². The number of amidine groups is 1. The molecule has 0 saturated carbocycles. The number of nitrogens with zero attached hydrogens (tertiary/aromatic N) is 3. The second-order valence-corrected chi connectivity index (χ2v) is 4.20. The highest BCUT2D eigenvalue weighted by Gasteiger charge is 2.36. The van der Waals surface area contributed by atoms with Crippen molar-refractivity contribution in [1.29, 1.82) is 5.41 Å². The minimum Gasteiger partial charge on any atom is -0.388 e. The number of hydrogen-bond donors (Lipinski definition) is 2. The molecule has 1 heterocycles. The van der Waals surface area contributed by atoms with Crippen LogP contribution in [0.25, 0.3) is 0 Å². The standard InChI is InChI=1S/C8H12F3N5S/c1-2-16(4-3-5(12)13)7-15-14-6(17-7)8(9,10)11/h2-4H2,1H3,(H3,12,13). The molecular formula is C8H12F3N5S. The Morgan fingerprint density at radius 2 is 2.12 bits per heavy atom. The fraction of sp³-hybridized carbons (Fsp3) is 0.625. The molecule has 0 aromatic carbocycles. The van der Waals surface area contributed by atoms with Gasteiger partial charge in [-0.1, -0.05) is 11.3 Å². The van der Waals surface area contributed by atoms with Crippen molar-refractivity contribution in [3.8, 4) is 0 Å². The largest absolute Gasteiger partial charge is 0.445 e. The predicted molar refractivity (Wildman–Crippen MR) is 59.3 cm³/mol. The average Bonchev–Trinajstić information content (AvgIpc) is 2.67. The summed E-state index contributed by atoms with van der Waals surface area (Å²) in [5.74, 6) is -0.0102. The van der Waals surface area contributed by atoms with Gasteiger partial charge in [0.2, 0.25) is 10.1 Å². The first-order valence-electron chi connectivity index (χ1n) is 4.83. The van der Waals surface area contributed by atoms with E-state index in [4.69, 9.17) is 11.1 Å². The van der Waals surface area contributed by atoms with E-state index in [1.54, 1.807) is 11.8 Å². The first-order valence-corrected chi connectivity index (χ1v) is 5.64. The van der Waals surface area contributed by atoms with Crippen LogP contribution in [0.5, 0.6) is 0 Å². The molecule has 3 N–H and O–H groups in total. The fourth-order valence-electron chi connectivity index (χ4n) is 1.10. The minimum atomic E-state index is -4.46. The lowest BCUT2D eigenvalue weighted by atomic mass is 10.4. The smallest absolute Gasteiger partial charge is 0.388 e. The summed E-state index contributed by atoms with van der Waals surface area (Å²) in [6, 6.07) is 0. The molecular weight excluding hydrogens is 255 g/mol. The van der Waals surface area contributed by atoms with E-state index in [2.05, 4.69) is 10.2 Å². The number of aromatic nitrogens is 2. The van der Waals surface area contributed by atoms with Crippen molar-refractivity contribution in [1.82, 2.24) is 10.2 Å². The summed E-state index contributed by atoms with van der Waals surface area (Å²) in [6.07, 6.45) is -4.18. The zero-order valence-electron chi connectivity index (χ0n) is 9.08. The van der Waals surface area contributed by atoms with Gasteiger partial charge in [-0.05, 0) is 6.92 Å². The van der Waals surface area contributed by atoms with Crippen molar-refractivity contribution < 1.29 is 13.2 Å². The van der Waals surface area contributed by atoms with Gasteiger partial charge in [0.15, 0.2) is 0 Å². The summed E-state index contributed by atoms with van der Waals surface area (Å²) in [6.45, 7) is 2.63. The third kappa shape index (κ3) is 3.84. The van der Waals surface area contributed by atoms with Gasteiger partial charge < -0.3 is 10.6 Å². The quantitative estimate of drug-likeness (QED) is 0.628. The Morgan fingerprint density at radius 3 is 2.53 bits per heavy atom. The molecule has 0 aliphatic carbocycles. The molecule has 1 rings (SSSR count). The molecule has 1 aromatic rings. The molecule has 17 heavy (non-hydrogen) atoms. The number of nitrogens with one attached hydrogen (secondary N) is 1. The fourth-order valence-corrected chi connectivity index (χ4v) is 1.90. The number of alkyl halides is 3. The molecule has 5 nitrogen and oxygen atoms in total. The molecule has 0 fully saturated rings. The van der Waals surface area contributed by atoms with Crippen LogP contribution >= 0.6 is 11.3 Å². The molecule has 0 aliphatic heterocycles. The zero-order chi connectivity index (χ0) is 13.1. The third-order valence-electron chi connectivity index (χ3n) is 1.96. The first-order chi connectivity index (χ1) is 7.84. The van der Waals surface area contributed by atoms with Gasteiger partial charge in [0, 0.05) is 19.5 Å². The van der Waals surface area contributed by atoms with E-state index in [1.165, 1.54) is 0 Å². The molecule has 0 saturated heterocycles. The molecule has 9 heteroatoms. The van der Waals surface area contributed by atoms with E-state index in [9.17, 15) is 13.2 Å². The highest BCUT2D eigenvalue weighted by atomic mass is 32.1. The van der Waals surface area contributed by atoms with Crippen molar-refractivity contribution in [2.75, 3.05) is 18.0 Å². The SMILES string of the molecule is CCN(CCC(=N)N)c1nnc(C(F)(F)F)s1. The second kappa shape index (κ2) is 5.30. The summed E-state index contributed by atoms with van der Waals surface area (Å²) >= 11 is 0.492. The van der Waals surface area contributed by atoms with Gasteiger partial charge in [0.25, 0.3) is 0 Å². The van der Waals surface area contributed by atoms with Gasteiger partial charge in [-0.3, -0.25) is 5.41 Å². The maximum Gasteiger partial charge on any atom is 0.445 e. The van der Waals surface area contributed by atoms with Crippen LogP contribution in [0.3, 0.4) is 0 Å². The summed E-state index contributed by atoms with van der Waals surface area (Å²) in [5.41, 5.74) is 5.19. The van der Waals surface area contributed by atoms with E-state index in [-0.39, 0.29) is 17.4 Å². The molecule has 0 radical (unpaired) electrons. The predicted octanol–water partition coefficient (Wildman–Crippen LogP) is 1.71. The summed E-state index contributed by atoms with van der Waals surface area (Å²) in [5, 5.41) is 12.9. The van der Waals surface area contributed by atoms with Crippen molar-refractivity contribution in [2.24, 2.45) is 5.73 Å². The minimum absolute atomic E-state index is 0.0102. The van der Waals surface area contributed by atoms with E-state index in [0.717, 1.165) is 0 Å². The third-order valence-corrected chi connectivity index (χ3v) is 2.99. The summed E-state index contributed by atoms with van der Waals surface area (Å²) in [7, 11) is 0. The van der Waals surface area contributed by atoms with Crippen molar-refractivity contribution in [2.45, 2.75) is 19.5 Å². The Kier molecular flexibility index (Phi) is 4.27. The molecule has 1 aromatic heterocycles. The molecule has 0 amide bonds. The van der Waals surface area contributed by atoms with Crippen molar-refractivity contribution in [3.63, 3.8) is 0 Å². The topological polar surface area (TPSA) is 78.9 Å². The lowest BCUT2D eigenvalue weighted by Crippen LogP contribution is -2.27. The number of anilines is 1. The Morgan fingerprint density at radius 1 is 1.47 bits per heavy atom. The van der Waals surface area contributed by atoms with E-state index in [1.807, 2.05) is 0 Å². The number of halogens is 3. The van der Waals surface area contributed by atoms with Crippen LogP contribution in [0.4, 0.5) is 18.3 Å². The summed E-state index contributed by atoms with van der Waals surface area (Å²) in [4.78, 5) is 1.61. The van der Waals surface area contributed by atoms with Crippen LogP contribution < -0.4 is 10.6 Å². The number of nitrogens with two attached hydrogens (primary N) is 1. The Hall–Kier alpha value is -1.38. The van der Waals surface area contributed by atoms with Gasteiger partial charge >= 0.3 is 6.18 Å². The highest BCUT2D eigenvalue weighted by molar-refractivity contribution is 7.15.